The minimum absolute atomic E-state index is 0.0472. The molecule has 33 heavy (non-hydrogen) atoms. The Hall–Kier alpha value is -2.17. The highest BCUT2D eigenvalue weighted by atomic mass is 35.5. The van der Waals surface area contributed by atoms with Crippen LogP contribution in [0.4, 0.5) is 9.18 Å². The van der Waals surface area contributed by atoms with Crippen LogP contribution in [0.3, 0.4) is 0 Å². The van der Waals surface area contributed by atoms with Crippen LogP contribution in [0.15, 0.2) is 6.20 Å². The van der Waals surface area contributed by atoms with E-state index in [9.17, 15) is 14.3 Å². The van der Waals surface area contributed by atoms with Crippen molar-refractivity contribution in [3.8, 4) is 11.9 Å². The van der Waals surface area contributed by atoms with Crippen LogP contribution in [0.1, 0.15) is 32.6 Å². The Morgan fingerprint density at radius 2 is 2.18 bits per heavy atom. The van der Waals surface area contributed by atoms with E-state index in [0.29, 0.717) is 36.8 Å². The summed E-state index contributed by atoms with van der Waals surface area (Å²) in [5, 5.41) is 10.0. The normalized spacial score (nSPS) is 29.6. The van der Waals surface area contributed by atoms with Gasteiger partial charge in [-0.1, -0.05) is 23.2 Å². The average molecular weight is 500 g/mol. The van der Waals surface area contributed by atoms with Crippen molar-refractivity contribution in [3.63, 3.8) is 0 Å². The van der Waals surface area contributed by atoms with E-state index in [0.717, 1.165) is 19.4 Å². The summed E-state index contributed by atoms with van der Waals surface area (Å²) in [5.74, 6) is 0.195. The number of likely N-dealkylation sites (tertiary alicyclic amines) is 1. The van der Waals surface area contributed by atoms with Gasteiger partial charge in [0.15, 0.2) is 0 Å². The molecule has 5 heterocycles. The lowest BCUT2D eigenvalue weighted by atomic mass is 9.95. The van der Waals surface area contributed by atoms with Gasteiger partial charge in [0.05, 0.1) is 17.0 Å². The van der Waals surface area contributed by atoms with Crippen molar-refractivity contribution in [2.24, 2.45) is 0 Å². The largest absolute Gasteiger partial charge is 0.471 e. The second-order valence-electron chi connectivity index (χ2n) is 8.96. The first-order chi connectivity index (χ1) is 15.8. The number of rotatable bonds is 5. The van der Waals surface area contributed by atoms with Crippen LogP contribution in [0.25, 0.3) is 10.9 Å². The number of hydrogen-bond acceptors (Lipinski definition) is 7. The second kappa shape index (κ2) is 8.56. The van der Waals surface area contributed by atoms with Gasteiger partial charge in [-0.2, -0.15) is 9.97 Å². The van der Waals surface area contributed by atoms with Gasteiger partial charge in [0.25, 0.3) is 0 Å². The van der Waals surface area contributed by atoms with Crippen molar-refractivity contribution in [2.45, 2.75) is 56.5 Å². The molecule has 0 radical (unpaired) electrons. The summed E-state index contributed by atoms with van der Waals surface area (Å²) in [4.78, 5) is 27.9. The molecule has 0 spiro atoms. The van der Waals surface area contributed by atoms with E-state index >= 15 is 0 Å². The van der Waals surface area contributed by atoms with Crippen LogP contribution < -0.4 is 9.47 Å². The molecule has 12 heteroatoms. The Morgan fingerprint density at radius 3 is 2.94 bits per heavy atom. The topological polar surface area (TPSA) is 101 Å². The van der Waals surface area contributed by atoms with E-state index in [4.69, 9.17) is 32.7 Å². The van der Waals surface area contributed by atoms with Crippen molar-refractivity contribution < 1.29 is 23.8 Å². The molecular weight excluding hydrogens is 476 g/mol. The maximum atomic E-state index is 14.1. The Kier molecular flexibility index (Phi) is 5.86. The third-order valence-corrected chi connectivity index (χ3v) is 7.75. The number of amides is 1. The van der Waals surface area contributed by atoms with Gasteiger partial charge in [-0.05, 0) is 26.3 Å². The third-order valence-electron chi connectivity index (χ3n) is 7.01. The van der Waals surface area contributed by atoms with Crippen LogP contribution in [0, 0.1) is 0 Å². The minimum Gasteiger partial charge on any atom is -0.471 e. The number of carbonyl (C=O) groups is 1. The summed E-state index contributed by atoms with van der Waals surface area (Å²) in [7, 11) is 0. The molecule has 0 unspecified atom stereocenters. The van der Waals surface area contributed by atoms with Gasteiger partial charge >= 0.3 is 12.1 Å². The number of halogens is 3. The molecule has 0 aromatic carbocycles. The molecule has 0 aliphatic carbocycles. The van der Waals surface area contributed by atoms with Crippen LogP contribution in [0.2, 0.25) is 10.2 Å². The van der Waals surface area contributed by atoms with Crippen molar-refractivity contribution in [3.05, 3.63) is 16.4 Å². The summed E-state index contributed by atoms with van der Waals surface area (Å²) < 4.78 is 26.2. The minimum atomic E-state index is -0.996. The number of fused-ring (bicyclic) bond motifs is 2. The van der Waals surface area contributed by atoms with Crippen molar-refractivity contribution in [1.29, 1.82) is 0 Å². The first-order valence-corrected chi connectivity index (χ1v) is 11.7. The Balaban J connectivity index is 1.45. The van der Waals surface area contributed by atoms with Crippen molar-refractivity contribution >= 4 is 40.2 Å². The van der Waals surface area contributed by atoms with Gasteiger partial charge in [-0.25, -0.2) is 14.2 Å². The monoisotopic (exact) mass is 499 g/mol. The lowest BCUT2D eigenvalue weighted by Gasteiger charge is -2.30. The van der Waals surface area contributed by atoms with Crippen LogP contribution in [0.5, 0.6) is 11.9 Å². The predicted octanol–water partition coefficient (Wildman–Crippen LogP) is 3.81. The van der Waals surface area contributed by atoms with Crippen molar-refractivity contribution in [2.75, 3.05) is 26.2 Å². The molecule has 178 valence electrons. The number of nitrogens with zero attached hydrogens (tertiary/aromatic N) is 5. The number of ether oxygens (including phenoxy) is 2. The van der Waals surface area contributed by atoms with E-state index in [1.54, 1.807) is 6.92 Å². The fraction of sp³-hybridized carbons (Fsp3) is 0.619. The summed E-state index contributed by atoms with van der Waals surface area (Å²) in [6.07, 6.45) is 1.98. The molecular formula is C21H24Cl2FN5O4. The molecule has 9 nitrogen and oxygen atoms in total. The number of alkyl halides is 1. The molecule has 5 rings (SSSR count). The number of pyridine rings is 1. The standard InChI is InChI=1S/C21H24Cl2FN5O4/c1-11-14(3-6-29(11)20(30)31)33-18-13-8-25-17(23)15(22)16(13)26-19(27-18)32-10-21-4-2-5-28(21)9-12(24)7-21/h8,11-12,14H,2-7,9-10H2,1H3,(H,30,31)/t11-,12-,14-,21+/m1/s1. The van der Waals surface area contributed by atoms with Gasteiger partial charge in [0.1, 0.15) is 34.6 Å². The molecule has 4 atom stereocenters. The third kappa shape index (κ3) is 4.02. The van der Waals surface area contributed by atoms with Crippen LogP contribution >= 0.6 is 23.2 Å². The first-order valence-electron chi connectivity index (χ1n) is 11.0. The predicted molar refractivity (Wildman–Crippen MR) is 119 cm³/mol. The maximum Gasteiger partial charge on any atom is 0.407 e. The summed E-state index contributed by atoms with van der Waals surface area (Å²) >= 11 is 12.5. The second-order valence-corrected chi connectivity index (χ2v) is 9.70. The number of aromatic nitrogens is 3. The molecule has 0 bridgehead atoms. The summed E-state index contributed by atoms with van der Waals surface area (Å²) in [5.41, 5.74) is -0.0339. The smallest absolute Gasteiger partial charge is 0.407 e. The zero-order chi connectivity index (χ0) is 23.3. The first kappa shape index (κ1) is 22.6. The fourth-order valence-corrected chi connectivity index (χ4v) is 5.60. The molecule has 1 N–H and O–H groups in total. The quantitative estimate of drug-likeness (QED) is 0.619. The zero-order valence-electron chi connectivity index (χ0n) is 18.0. The molecule has 0 saturated carbocycles. The zero-order valence-corrected chi connectivity index (χ0v) is 19.5. The van der Waals surface area contributed by atoms with Gasteiger partial charge in [0, 0.05) is 32.1 Å². The average Bonchev–Trinajstić information content (AvgIpc) is 3.41. The Morgan fingerprint density at radius 1 is 1.36 bits per heavy atom. The molecule has 3 fully saturated rings. The lowest BCUT2D eigenvalue weighted by Crippen LogP contribution is -2.43. The molecule has 2 aromatic rings. The number of hydrogen-bond donors (Lipinski definition) is 1. The molecule has 3 saturated heterocycles. The highest BCUT2D eigenvalue weighted by Crippen LogP contribution is 2.41. The SMILES string of the molecule is C[C@@H]1[C@H](Oc2nc(OC[C@@]34CCCN3C[C@H](F)C4)nc3c(Cl)c(Cl)ncc23)CCN1C(=O)O. The molecule has 3 aliphatic heterocycles. The van der Waals surface area contributed by atoms with Crippen LogP contribution in [-0.2, 0) is 0 Å². The Labute approximate surface area is 199 Å². The Bertz CT molecular complexity index is 1090. The van der Waals surface area contributed by atoms with E-state index in [-0.39, 0.29) is 40.3 Å². The van der Waals surface area contributed by atoms with Gasteiger partial charge in [0.2, 0.25) is 5.88 Å². The molecule has 2 aromatic heterocycles. The van der Waals surface area contributed by atoms with E-state index in [1.165, 1.54) is 11.1 Å². The highest BCUT2D eigenvalue weighted by molar-refractivity contribution is 6.44. The van der Waals surface area contributed by atoms with Gasteiger partial charge < -0.3 is 19.5 Å². The van der Waals surface area contributed by atoms with Gasteiger partial charge in [-0.15, -0.1) is 0 Å². The van der Waals surface area contributed by atoms with Crippen molar-refractivity contribution in [1.82, 2.24) is 24.8 Å². The van der Waals surface area contributed by atoms with E-state index in [2.05, 4.69) is 19.9 Å². The highest BCUT2D eigenvalue weighted by Gasteiger charge is 2.49. The lowest BCUT2D eigenvalue weighted by molar-refractivity contribution is 0.103. The maximum absolute atomic E-state index is 14.1. The van der Waals surface area contributed by atoms with Gasteiger partial charge in [-0.3, -0.25) is 4.90 Å². The fourth-order valence-electron chi connectivity index (χ4n) is 5.27. The summed E-state index contributed by atoms with van der Waals surface area (Å²) in [6, 6.07) is -0.315. The van der Waals surface area contributed by atoms with E-state index < -0.39 is 18.4 Å². The molecule has 1 amide bonds. The molecule has 3 aliphatic rings. The number of carboxylic acid groups (broad SMARTS) is 1. The van der Waals surface area contributed by atoms with E-state index in [1.807, 2.05) is 0 Å². The van der Waals surface area contributed by atoms with Crippen LogP contribution in [-0.4, -0.2) is 86.0 Å². The summed E-state index contributed by atoms with van der Waals surface area (Å²) in [6.45, 7) is 3.67.